The number of rotatable bonds is 3. The van der Waals surface area contributed by atoms with E-state index in [0.717, 1.165) is 18.7 Å². The van der Waals surface area contributed by atoms with E-state index in [1.165, 1.54) is 34.4 Å². The number of para-hydroxylation sites is 1. The Kier molecular flexibility index (Phi) is 3.64. The van der Waals surface area contributed by atoms with Crippen molar-refractivity contribution in [3.8, 4) is 5.75 Å². The summed E-state index contributed by atoms with van der Waals surface area (Å²) in [6.07, 6.45) is 2.34. The molecule has 0 spiro atoms. The molecule has 0 amide bonds. The first kappa shape index (κ1) is 13.0. The van der Waals surface area contributed by atoms with Crippen molar-refractivity contribution in [1.29, 1.82) is 0 Å². The average molecular weight is 267 g/mol. The molecule has 0 atom stereocenters. The summed E-state index contributed by atoms with van der Waals surface area (Å²) in [5.74, 6) is 0.973. The minimum absolute atomic E-state index is 0.626. The second-order valence-electron chi connectivity index (χ2n) is 5.61. The second kappa shape index (κ2) is 5.58. The quantitative estimate of drug-likeness (QED) is 0.898. The number of hydrogen-bond donors (Lipinski definition) is 1. The van der Waals surface area contributed by atoms with Crippen LogP contribution in [-0.4, -0.2) is 6.54 Å². The van der Waals surface area contributed by atoms with Gasteiger partial charge in [0.2, 0.25) is 0 Å². The third-order valence-electron chi connectivity index (χ3n) is 3.71. The maximum absolute atomic E-state index is 6.04. The third kappa shape index (κ3) is 2.79. The van der Waals surface area contributed by atoms with Gasteiger partial charge in [-0.25, -0.2) is 0 Å². The van der Waals surface area contributed by atoms with Gasteiger partial charge in [-0.15, -0.1) is 0 Å². The summed E-state index contributed by atoms with van der Waals surface area (Å²) in [4.78, 5) is 0. The molecule has 2 aromatic carbocycles. The fourth-order valence-electron chi connectivity index (χ4n) is 2.91. The Hall–Kier alpha value is -1.96. The van der Waals surface area contributed by atoms with E-state index in [1.807, 2.05) is 0 Å². The molecule has 104 valence electrons. The van der Waals surface area contributed by atoms with E-state index in [9.17, 15) is 0 Å². The molecule has 0 saturated heterocycles. The second-order valence-corrected chi connectivity index (χ2v) is 5.61. The van der Waals surface area contributed by atoms with E-state index in [4.69, 9.17) is 4.74 Å². The number of hydrogen-bond acceptors (Lipinski definition) is 2. The lowest BCUT2D eigenvalue weighted by Gasteiger charge is -2.21. The molecule has 20 heavy (non-hydrogen) atoms. The third-order valence-corrected chi connectivity index (χ3v) is 3.71. The molecule has 1 aliphatic rings. The monoisotopic (exact) mass is 267 g/mol. The molecule has 0 bridgehead atoms. The molecule has 2 aromatic rings. The van der Waals surface area contributed by atoms with Crippen molar-refractivity contribution in [1.82, 2.24) is 0 Å². The standard InChI is InChI=1S/C18H21NO/c1-13-9-14(2)11-15(10-13)12-20-17-7-3-5-16-6-4-8-19-18(16)17/h3,5,7,9-11,19H,4,6,8,12H2,1-2H3. The molecule has 0 fully saturated rings. The van der Waals surface area contributed by atoms with Gasteiger partial charge in [0, 0.05) is 6.54 Å². The predicted octanol–water partition coefficient (Wildman–Crippen LogP) is 4.24. The highest BCUT2D eigenvalue weighted by Gasteiger charge is 2.13. The van der Waals surface area contributed by atoms with Gasteiger partial charge < -0.3 is 10.1 Å². The summed E-state index contributed by atoms with van der Waals surface area (Å²) in [5, 5.41) is 3.47. The van der Waals surface area contributed by atoms with Gasteiger partial charge in [-0.1, -0.05) is 41.5 Å². The van der Waals surface area contributed by atoms with Crippen LogP contribution in [0.25, 0.3) is 0 Å². The lowest BCUT2D eigenvalue weighted by atomic mass is 10.0. The van der Waals surface area contributed by atoms with Crippen molar-refractivity contribution in [2.24, 2.45) is 0 Å². The van der Waals surface area contributed by atoms with Crippen LogP contribution in [0.3, 0.4) is 0 Å². The summed E-state index contributed by atoms with van der Waals surface area (Å²) in [7, 11) is 0. The van der Waals surface area contributed by atoms with Gasteiger partial charge in [-0.05, 0) is 43.9 Å². The smallest absolute Gasteiger partial charge is 0.143 e. The number of anilines is 1. The molecule has 3 rings (SSSR count). The van der Waals surface area contributed by atoms with E-state index in [-0.39, 0.29) is 0 Å². The SMILES string of the molecule is Cc1cc(C)cc(COc2cccc3c2NCCC3)c1. The van der Waals surface area contributed by atoms with Crippen LogP contribution in [0.4, 0.5) is 5.69 Å². The Bertz CT molecular complexity index is 599. The van der Waals surface area contributed by atoms with Gasteiger partial charge in [-0.3, -0.25) is 0 Å². The van der Waals surface area contributed by atoms with E-state index in [1.54, 1.807) is 0 Å². The van der Waals surface area contributed by atoms with Crippen molar-refractivity contribution in [3.05, 3.63) is 58.7 Å². The lowest BCUT2D eigenvalue weighted by Crippen LogP contribution is -2.13. The Morgan fingerprint density at radius 1 is 1.10 bits per heavy atom. The number of fused-ring (bicyclic) bond motifs is 1. The Balaban J connectivity index is 1.78. The molecule has 2 heteroatoms. The van der Waals surface area contributed by atoms with Gasteiger partial charge in [0.15, 0.2) is 0 Å². The predicted molar refractivity (Wildman–Crippen MR) is 83.5 cm³/mol. The van der Waals surface area contributed by atoms with E-state index >= 15 is 0 Å². The van der Waals surface area contributed by atoms with Crippen LogP contribution in [0.2, 0.25) is 0 Å². The molecule has 1 aliphatic heterocycles. The van der Waals surface area contributed by atoms with E-state index < -0.39 is 0 Å². The minimum Gasteiger partial charge on any atom is -0.487 e. The number of aryl methyl sites for hydroxylation is 3. The first-order valence-corrected chi connectivity index (χ1v) is 7.28. The van der Waals surface area contributed by atoms with Gasteiger partial charge >= 0.3 is 0 Å². The fourth-order valence-corrected chi connectivity index (χ4v) is 2.91. The maximum atomic E-state index is 6.04. The van der Waals surface area contributed by atoms with Crippen molar-refractivity contribution in [2.75, 3.05) is 11.9 Å². The summed E-state index contributed by atoms with van der Waals surface area (Å²) >= 11 is 0. The van der Waals surface area contributed by atoms with Crippen molar-refractivity contribution in [3.63, 3.8) is 0 Å². The van der Waals surface area contributed by atoms with Crippen LogP contribution in [-0.2, 0) is 13.0 Å². The molecule has 0 unspecified atom stereocenters. The molecule has 0 radical (unpaired) electrons. The topological polar surface area (TPSA) is 21.3 Å². The molecule has 0 aliphatic carbocycles. The summed E-state index contributed by atoms with van der Waals surface area (Å²) in [5.41, 5.74) is 6.36. The Morgan fingerprint density at radius 2 is 1.90 bits per heavy atom. The highest BCUT2D eigenvalue weighted by molar-refractivity contribution is 5.63. The van der Waals surface area contributed by atoms with Gasteiger partial charge in [0.05, 0.1) is 5.69 Å². The van der Waals surface area contributed by atoms with Crippen molar-refractivity contribution >= 4 is 5.69 Å². The first-order valence-electron chi connectivity index (χ1n) is 7.28. The molecule has 0 saturated carbocycles. The average Bonchev–Trinajstić information content (AvgIpc) is 2.44. The van der Waals surface area contributed by atoms with Crippen LogP contribution in [0, 0.1) is 13.8 Å². The maximum Gasteiger partial charge on any atom is 0.143 e. The van der Waals surface area contributed by atoms with E-state index in [2.05, 4.69) is 55.6 Å². The number of nitrogens with one attached hydrogen (secondary N) is 1. The summed E-state index contributed by atoms with van der Waals surface area (Å²) in [6.45, 7) is 5.92. The van der Waals surface area contributed by atoms with Crippen LogP contribution in [0.5, 0.6) is 5.75 Å². The Morgan fingerprint density at radius 3 is 2.70 bits per heavy atom. The van der Waals surface area contributed by atoms with Crippen LogP contribution >= 0.6 is 0 Å². The number of benzene rings is 2. The molecular formula is C18H21NO. The zero-order chi connectivity index (χ0) is 13.9. The van der Waals surface area contributed by atoms with E-state index in [0.29, 0.717) is 6.61 Å². The normalized spacial score (nSPS) is 13.5. The van der Waals surface area contributed by atoms with Crippen molar-refractivity contribution < 1.29 is 4.74 Å². The Labute approximate surface area is 120 Å². The molecular weight excluding hydrogens is 246 g/mol. The first-order chi connectivity index (χ1) is 9.72. The van der Waals surface area contributed by atoms with Gasteiger partial charge in [0.1, 0.15) is 12.4 Å². The molecule has 0 aromatic heterocycles. The van der Waals surface area contributed by atoms with Gasteiger partial charge in [-0.2, -0.15) is 0 Å². The minimum atomic E-state index is 0.626. The fraction of sp³-hybridized carbons (Fsp3) is 0.333. The molecule has 1 heterocycles. The number of ether oxygens (including phenoxy) is 1. The highest BCUT2D eigenvalue weighted by atomic mass is 16.5. The van der Waals surface area contributed by atoms with Crippen molar-refractivity contribution in [2.45, 2.75) is 33.3 Å². The zero-order valence-corrected chi connectivity index (χ0v) is 12.2. The zero-order valence-electron chi connectivity index (χ0n) is 12.2. The van der Waals surface area contributed by atoms with Crippen LogP contribution in [0.15, 0.2) is 36.4 Å². The van der Waals surface area contributed by atoms with Crippen LogP contribution < -0.4 is 10.1 Å². The largest absolute Gasteiger partial charge is 0.487 e. The highest BCUT2D eigenvalue weighted by Crippen LogP contribution is 2.32. The summed E-state index contributed by atoms with van der Waals surface area (Å²) < 4.78 is 6.04. The van der Waals surface area contributed by atoms with Crippen LogP contribution in [0.1, 0.15) is 28.7 Å². The lowest BCUT2D eigenvalue weighted by molar-refractivity contribution is 0.307. The van der Waals surface area contributed by atoms with Gasteiger partial charge in [0.25, 0.3) is 0 Å². The summed E-state index contributed by atoms with van der Waals surface area (Å²) in [6, 6.07) is 12.9. The molecule has 1 N–H and O–H groups in total. The molecule has 2 nitrogen and oxygen atoms in total.